The van der Waals surface area contributed by atoms with Crippen molar-refractivity contribution >= 4 is 29.1 Å². The molecule has 5 heteroatoms. The van der Waals surface area contributed by atoms with Crippen LogP contribution in [0.1, 0.15) is 32.8 Å². The minimum atomic E-state index is 0.0303. The van der Waals surface area contributed by atoms with Gasteiger partial charge < -0.3 is 10.2 Å². The van der Waals surface area contributed by atoms with E-state index >= 15 is 0 Å². The van der Waals surface area contributed by atoms with Crippen molar-refractivity contribution < 1.29 is 4.79 Å². The van der Waals surface area contributed by atoms with E-state index in [0.29, 0.717) is 29.6 Å². The first kappa shape index (κ1) is 17.3. The molecule has 0 heterocycles. The van der Waals surface area contributed by atoms with Gasteiger partial charge in [-0.2, -0.15) is 0 Å². The number of carbonyl (C=O) groups excluding carboxylic acids is 1. The highest BCUT2D eigenvalue weighted by atomic mass is 35.5. The fraction of sp³-hybridized carbons (Fsp3) is 0.533. The van der Waals surface area contributed by atoms with Crippen LogP contribution in [0.25, 0.3) is 0 Å². The second kappa shape index (κ2) is 7.30. The van der Waals surface area contributed by atoms with E-state index < -0.39 is 0 Å². The number of nitrogens with one attached hydrogen (secondary N) is 1. The van der Waals surface area contributed by atoms with Gasteiger partial charge in [0, 0.05) is 32.1 Å². The maximum absolute atomic E-state index is 12.0. The van der Waals surface area contributed by atoms with Crippen LogP contribution in [0.2, 0.25) is 10.0 Å². The van der Waals surface area contributed by atoms with Crippen molar-refractivity contribution in [2.24, 2.45) is 0 Å². The highest BCUT2D eigenvalue weighted by Crippen LogP contribution is 2.23. The van der Waals surface area contributed by atoms with E-state index in [1.807, 2.05) is 6.07 Å². The van der Waals surface area contributed by atoms with E-state index in [1.54, 1.807) is 24.1 Å². The summed E-state index contributed by atoms with van der Waals surface area (Å²) in [7, 11) is 1.79. The van der Waals surface area contributed by atoms with Crippen LogP contribution in [0.15, 0.2) is 18.2 Å². The zero-order valence-electron chi connectivity index (χ0n) is 12.5. The van der Waals surface area contributed by atoms with E-state index in [-0.39, 0.29) is 11.4 Å². The molecule has 1 amide bonds. The van der Waals surface area contributed by atoms with Crippen LogP contribution in [0.3, 0.4) is 0 Å². The standard InChI is InChI=1S/C15H22Cl2N2O/c1-15(2,3)18-8-7-14(20)19(4)10-11-5-6-12(16)13(17)9-11/h5-6,9,18H,7-8,10H2,1-4H3. The van der Waals surface area contributed by atoms with Gasteiger partial charge in [0.1, 0.15) is 0 Å². The quantitative estimate of drug-likeness (QED) is 0.897. The number of nitrogens with zero attached hydrogens (tertiary/aromatic N) is 1. The third-order valence-corrected chi connectivity index (χ3v) is 3.56. The molecule has 0 radical (unpaired) electrons. The predicted molar refractivity (Wildman–Crippen MR) is 85.3 cm³/mol. The van der Waals surface area contributed by atoms with Crippen LogP contribution >= 0.6 is 23.2 Å². The molecule has 1 rings (SSSR count). The van der Waals surface area contributed by atoms with Crippen LogP contribution in [0.5, 0.6) is 0 Å². The summed E-state index contributed by atoms with van der Waals surface area (Å²) in [4.78, 5) is 13.7. The van der Waals surface area contributed by atoms with E-state index in [2.05, 4.69) is 26.1 Å². The minimum Gasteiger partial charge on any atom is -0.341 e. The number of hydrogen-bond donors (Lipinski definition) is 1. The summed E-state index contributed by atoms with van der Waals surface area (Å²) in [5.74, 6) is 0.104. The SMILES string of the molecule is CN(Cc1ccc(Cl)c(Cl)c1)C(=O)CCNC(C)(C)C. The molecule has 0 aliphatic rings. The fourth-order valence-corrected chi connectivity index (χ4v) is 2.06. The molecule has 1 aromatic rings. The van der Waals surface area contributed by atoms with Crippen molar-refractivity contribution in [3.63, 3.8) is 0 Å². The Hall–Kier alpha value is -0.770. The summed E-state index contributed by atoms with van der Waals surface area (Å²) < 4.78 is 0. The molecule has 0 aromatic heterocycles. The van der Waals surface area contributed by atoms with Crippen LogP contribution in [-0.4, -0.2) is 29.9 Å². The van der Waals surface area contributed by atoms with Gasteiger partial charge in [-0.05, 0) is 38.5 Å². The van der Waals surface area contributed by atoms with Gasteiger partial charge in [-0.25, -0.2) is 0 Å². The highest BCUT2D eigenvalue weighted by Gasteiger charge is 2.13. The Labute approximate surface area is 131 Å². The lowest BCUT2D eigenvalue weighted by atomic mass is 10.1. The van der Waals surface area contributed by atoms with E-state index in [9.17, 15) is 4.79 Å². The van der Waals surface area contributed by atoms with Crippen molar-refractivity contribution in [3.05, 3.63) is 33.8 Å². The lowest BCUT2D eigenvalue weighted by Crippen LogP contribution is -2.38. The topological polar surface area (TPSA) is 32.3 Å². The molecule has 0 fully saturated rings. The molecule has 0 saturated heterocycles. The van der Waals surface area contributed by atoms with Crippen molar-refractivity contribution in [1.82, 2.24) is 10.2 Å². The number of rotatable bonds is 5. The number of hydrogen-bond acceptors (Lipinski definition) is 2. The maximum atomic E-state index is 12.0. The fourth-order valence-electron chi connectivity index (χ4n) is 1.74. The van der Waals surface area contributed by atoms with Crippen molar-refractivity contribution in [1.29, 1.82) is 0 Å². The number of amides is 1. The number of benzene rings is 1. The lowest BCUT2D eigenvalue weighted by Gasteiger charge is -2.22. The summed E-state index contributed by atoms with van der Waals surface area (Å²) in [6.45, 7) is 7.45. The van der Waals surface area contributed by atoms with Crippen LogP contribution < -0.4 is 5.32 Å². The molecule has 0 bridgehead atoms. The summed E-state index contributed by atoms with van der Waals surface area (Å²) in [6.07, 6.45) is 0.481. The third kappa shape index (κ3) is 6.12. The second-order valence-electron chi connectivity index (χ2n) is 5.93. The lowest BCUT2D eigenvalue weighted by molar-refractivity contribution is -0.130. The Morgan fingerprint density at radius 2 is 1.90 bits per heavy atom. The summed E-state index contributed by atoms with van der Waals surface area (Å²) in [5.41, 5.74) is 1.00. The molecular formula is C15H22Cl2N2O. The van der Waals surface area contributed by atoms with Crippen molar-refractivity contribution in [2.45, 2.75) is 39.3 Å². The van der Waals surface area contributed by atoms with Crippen molar-refractivity contribution in [3.8, 4) is 0 Å². The van der Waals surface area contributed by atoms with Gasteiger partial charge in [0.2, 0.25) is 5.91 Å². The maximum Gasteiger partial charge on any atom is 0.223 e. The smallest absolute Gasteiger partial charge is 0.223 e. The molecule has 0 unspecified atom stereocenters. The highest BCUT2D eigenvalue weighted by molar-refractivity contribution is 6.42. The Morgan fingerprint density at radius 3 is 2.45 bits per heavy atom. The molecule has 1 aromatic carbocycles. The van der Waals surface area contributed by atoms with E-state index in [1.165, 1.54) is 0 Å². The Morgan fingerprint density at radius 1 is 1.25 bits per heavy atom. The van der Waals surface area contributed by atoms with Gasteiger partial charge in [-0.1, -0.05) is 29.3 Å². The Balaban J connectivity index is 2.47. The van der Waals surface area contributed by atoms with Gasteiger partial charge in [0.05, 0.1) is 10.0 Å². The largest absolute Gasteiger partial charge is 0.341 e. The van der Waals surface area contributed by atoms with Crippen LogP contribution in [0, 0.1) is 0 Å². The van der Waals surface area contributed by atoms with Crippen molar-refractivity contribution in [2.75, 3.05) is 13.6 Å². The summed E-state index contributed by atoms with van der Waals surface area (Å²) in [5, 5.41) is 4.34. The van der Waals surface area contributed by atoms with E-state index in [0.717, 1.165) is 5.56 Å². The number of halogens is 2. The van der Waals surface area contributed by atoms with Gasteiger partial charge in [-0.15, -0.1) is 0 Å². The molecule has 3 nitrogen and oxygen atoms in total. The third-order valence-electron chi connectivity index (χ3n) is 2.82. The molecule has 0 atom stereocenters. The zero-order chi connectivity index (χ0) is 15.3. The first-order valence-electron chi connectivity index (χ1n) is 6.62. The van der Waals surface area contributed by atoms with Gasteiger partial charge in [0.25, 0.3) is 0 Å². The minimum absolute atomic E-state index is 0.0303. The normalized spacial score (nSPS) is 11.5. The summed E-state index contributed by atoms with van der Waals surface area (Å²) in [6, 6.07) is 5.42. The summed E-state index contributed by atoms with van der Waals surface area (Å²) >= 11 is 11.8. The molecule has 1 N–H and O–H groups in total. The molecule has 0 saturated carbocycles. The number of carbonyl (C=O) groups is 1. The van der Waals surface area contributed by atoms with Crippen LogP contribution in [0.4, 0.5) is 0 Å². The van der Waals surface area contributed by atoms with Gasteiger partial charge in [-0.3, -0.25) is 4.79 Å². The zero-order valence-corrected chi connectivity index (χ0v) is 14.0. The predicted octanol–water partition coefficient (Wildman–Crippen LogP) is 3.73. The first-order valence-corrected chi connectivity index (χ1v) is 7.37. The van der Waals surface area contributed by atoms with Gasteiger partial charge in [0.15, 0.2) is 0 Å². The average Bonchev–Trinajstić information content (AvgIpc) is 2.32. The molecular weight excluding hydrogens is 295 g/mol. The molecule has 0 aliphatic carbocycles. The second-order valence-corrected chi connectivity index (χ2v) is 6.74. The van der Waals surface area contributed by atoms with Gasteiger partial charge >= 0.3 is 0 Å². The molecule has 0 aliphatic heterocycles. The Bertz CT molecular complexity index is 469. The first-order chi connectivity index (χ1) is 9.19. The molecule has 112 valence electrons. The van der Waals surface area contributed by atoms with Crippen LogP contribution in [-0.2, 0) is 11.3 Å². The average molecular weight is 317 g/mol. The molecule has 20 heavy (non-hydrogen) atoms. The Kier molecular flexibility index (Phi) is 6.31. The monoisotopic (exact) mass is 316 g/mol. The van der Waals surface area contributed by atoms with E-state index in [4.69, 9.17) is 23.2 Å². The molecule has 0 spiro atoms.